The minimum atomic E-state index is -0.987. The Morgan fingerprint density at radius 1 is 1.02 bits per heavy atom. The molecule has 6 heteroatoms. The summed E-state index contributed by atoms with van der Waals surface area (Å²) in [5, 5.41) is 30.3. The molecule has 2 saturated carbocycles. The van der Waals surface area contributed by atoms with Gasteiger partial charge in [0.05, 0.1) is 17.7 Å². The molecule has 3 aromatic rings. The molecule has 3 aliphatic carbocycles. The van der Waals surface area contributed by atoms with E-state index in [0.29, 0.717) is 42.5 Å². The van der Waals surface area contributed by atoms with E-state index in [0.717, 1.165) is 68.1 Å². The fraction of sp³-hybridized carbons (Fsp3) is 0.487. The molecule has 2 fully saturated rings. The molecule has 1 amide bonds. The zero-order valence-electron chi connectivity index (χ0n) is 26.2. The van der Waals surface area contributed by atoms with E-state index in [2.05, 4.69) is 13.0 Å². The molecule has 0 aromatic heterocycles. The minimum absolute atomic E-state index is 0.0293. The van der Waals surface area contributed by atoms with Crippen LogP contribution in [-0.2, 0) is 13.0 Å². The van der Waals surface area contributed by atoms with Crippen LogP contribution in [0.25, 0.3) is 0 Å². The summed E-state index contributed by atoms with van der Waals surface area (Å²) in [6, 6.07) is 24.5. The summed E-state index contributed by atoms with van der Waals surface area (Å²) in [4.78, 5) is 15.4. The van der Waals surface area contributed by atoms with Crippen molar-refractivity contribution in [3.63, 3.8) is 0 Å². The number of aromatic hydroxyl groups is 1. The molecule has 3 aromatic carbocycles. The maximum atomic E-state index is 16.1. The molecule has 0 radical (unpaired) electrons. The van der Waals surface area contributed by atoms with Gasteiger partial charge in [0.15, 0.2) is 0 Å². The second-order valence-corrected chi connectivity index (χ2v) is 14.0. The van der Waals surface area contributed by atoms with Crippen LogP contribution in [0.4, 0.5) is 4.39 Å². The highest BCUT2D eigenvalue weighted by Crippen LogP contribution is 2.63. The largest absolute Gasteiger partial charge is 0.508 e. The number of benzene rings is 3. The number of carbonyl (C=O) groups excluding carboxylic acids is 1. The standard InChI is InChI=1S/C39H45FN2O3/c1-39-23-34(40)37-32-17-16-31(43)22-30(32)21-29(36(37)33(39)18-19-35(39)44)11-7-2-3-8-20-42(25-27-9-5-4-6-10-27)38(45)28-14-12-26(24-41)13-15-28/h4-6,9-10,12-17,22,29,33-37,43-44H,2-3,7-8,11,18-21,23,25H2,1H3/t29-,33+,34+,35+,36+,37+,39+/m1/s1. The normalized spacial score (nSPS) is 28.4. The van der Waals surface area contributed by atoms with Crippen LogP contribution in [0.5, 0.6) is 5.75 Å². The summed E-state index contributed by atoms with van der Waals surface area (Å²) >= 11 is 0. The fourth-order valence-corrected chi connectivity index (χ4v) is 9.02. The predicted molar refractivity (Wildman–Crippen MR) is 173 cm³/mol. The van der Waals surface area contributed by atoms with Crippen LogP contribution in [-0.4, -0.2) is 39.8 Å². The number of hydrogen-bond acceptors (Lipinski definition) is 4. The Labute approximate surface area is 266 Å². The molecule has 6 rings (SSSR count). The van der Waals surface area contributed by atoms with Crippen LogP contribution in [0.15, 0.2) is 72.8 Å². The number of amides is 1. The van der Waals surface area contributed by atoms with Crippen molar-refractivity contribution in [2.45, 2.75) is 89.4 Å². The van der Waals surface area contributed by atoms with Gasteiger partial charge in [-0.15, -0.1) is 0 Å². The number of aliphatic hydroxyl groups excluding tert-OH is 1. The lowest BCUT2D eigenvalue weighted by molar-refractivity contribution is -0.0722. The molecule has 0 heterocycles. The Hall–Kier alpha value is -3.69. The summed E-state index contributed by atoms with van der Waals surface area (Å²) in [5.74, 6) is 0.899. The molecule has 0 spiro atoms. The Bertz CT molecular complexity index is 1520. The number of phenolic OH excluding ortho intramolecular Hbond substituents is 1. The maximum Gasteiger partial charge on any atom is 0.254 e. The second-order valence-electron chi connectivity index (χ2n) is 14.0. The summed E-state index contributed by atoms with van der Waals surface area (Å²) in [6.07, 6.45) is 6.52. The number of carbonyl (C=O) groups is 1. The summed E-state index contributed by atoms with van der Waals surface area (Å²) in [5.41, 5.74) is 4.00. The third-order valence-corrected chi connectivity index (χ3v) is 11.3. The number of fused-ring (bicyclic) bond motifs is 5. The number of halogens is 1. The van der Waals surface area contributed by atoms with Crippen molar-refractivity contribution < 1.29 is 19.4 Å². The minimum Gasteiger partial charge on any atom is -0.508 e. The topological polar surface area (TPSA) is 84.6 Å². The van der Waals surface area contributed by atoms with Crippen molar-refractivity contribution >= 4 is 5.91 Å². The van der Waals surface area contributed by atoms with Gasteiger partial charge in [0, 0.05) is 24.6 Å². The zero-order valence-corrected chi connectivity index (χ0v) is 26.2. The van der Waals surface area contributed by atoms with E-state index in [4.69, 9.17) is 5.26 Å². The van der Waals surface area contributed by atoms with E-state index >= 15 is 4.39 Å². The third-order valence-electron chi connectivity index (χ3n) is 11.3. The summed E-state index contributed by atoms with van der Waals surface area (Å²) < 4.78 is 16.1. The lowest BCUT2D eigenvalue weighted by Crippen LogP contribution is -2.51. The van der Waals surface area contributed by atoms with E-state index in [9.17, 15) is 15.0 Å². The molecule has 0 bridgehead atoms. The van der Waals surface area contributed by atoms with Crippen LogP contribution in [0, 0.1) is 34.5 Å². The zero-order chi connectivity index (χ0) is 31.6. The highest BCUT2D eigenvalue weighted by Gasteiger charge is 2.59. The quantitative estimate of drug-likeness (QED) is 0.229. The van der Waals surface area contributed by atoms with Crippen LogP contribution >= 0.6 is 0 Å². The van der Waals surface area contributed by atoms with E-state index in [1.807, 2.05) is 47.4 Å². The first kappa shape index (κ1) is 31.3. The van der Waals surface area contributed by atoms with Crippen molar-refractivity contribution in [2.75, 3.05) is 6.54 Å². The van der Waals surface area contributed by atoms with Gasteiger partial charge >= 0.3 is 0 Å². The van der Waals surface area contributed by atoms with Gasteiger partial charge in [-0.1, -0.05) is 62.6 Å². The highest BCUT2D eigenvalue weighted by molar-refractivity contribution is 5.94. The highest BCUT2D eigenvalue weighted by atomic mass is 19.1. The Morgan fingerprint density at radius 2 is 1.78 bits per heavy atom. The molecule has 0 unspecified atom stereocenters. The molecule has 0 aliphatic heterocycles. The average Bonchev–Trinajstić information content (AvgIpc) is 3.34. The lowest BCUT2D eigenvalue weighted by Gasteiger charge is -2.54. The smallest absolute Gasteiger partial charge is 0.254 e. The van der Waals surface area contributed by atoms with E-state index in [1.54, 1.807) is 30.3 Å². The molecule has 45 heavy (non-hydrogen) atoms. The lowest BCUT2D eigenvalue weighted by atomic mass is 9.51. The molecule has 3 aliphatic rings. The molecule has 5 nitrogen and oxygen atoms in total. The first-order valence-corrected chi connectivity index (χ1v) is 16.8. The fourth-order valence-electron chi connectivity index (χ4n) is 9.02. The van der Waals surface area contributed by atoms with Gasteiger partial charge in [-0.05, 0) is 115 Å². The van der Waals surface area contributed by atoms with Crippen LogP contribution in [0.3, 0.4) is 0 Å². The number of aliphatic hydroxyl groups is 1. The van der Waals surface area contributed by atoms with Crippen molar-refractivity contribution in [1.29, 1.82) is 5.26 Å². The van der Waals surface area contributed by atoms with E-state index in [1.165, 1.54) is 0 Å². The molecule has 0 saturated heterocycles. The van der Waals surface area contributed by atoms with Crippen LogP contribution < -0.4 is 0 Å². The van der Waals surface area contributed by atoms with Crippen molar-refractivity contribution in [2.24, 2.45) is 23.2 Å². The monoisotopic (exact) mass is 608 g/mol. The Kier molecular flexibility index (Phi) is 9.28. The molecular formula is C39H45FN2O3. The number of rotatable bonds is 10. The van der Waals surface area contributed by atoms with Gasteiger partial charge in [0.1, 0.15) is 11.9 Å². The first-order chi connectivity index (χ1) is 21.8. The van der Waals surface area contributed by atoms with Gasteiger partial charge in [0.2, 0.25) is 0 Å². The number of hydrogen-bond donors (Lipinski definition) is 2. The van der Waals surface area contributed by atoms with Gasteiger partial charge in [-0.25, -0.2) is 4.39 Å². The first-order valence-electron chi connectivity index (χ1n) is 16.8. The Balaban J connectivity index is 1.09. The van der Waals surface area contributed by atoms with Gasteiger partial charge in [0.25, 0.3) is 5.91 Å². The van der Waals surface area contributed by atoms with Crippen molar-refractivity contribution in [1.82, 2.24) is 4.90 Å². The Morgan fingerprint density at radius 3 is 2.53 bits per heavy atom. The number of nitriles is 1. The van der Waals surface area contributed by atoms with E-state index < -0.39 is 12.3 Å². The number of phenols is 1. The molecular weight excluding hydrogens is 563 g/mol. The predicted octanol–water partition coefficient (Wildman–Crippen LogP) is 7.95. The van der Waals surface area contributed by atoms with Gasteiger partial charge in [-0.3, -0.25) is 4.79 Å². The number of alkyl halides is 1. The number of nitrogens with zero attached hydrogens (tertiary/aromatic N) is 2. The van der Waals surface area contributed by atoms with Gasteiger partial charge < -0.3 is 15.1 Å². The summed E-state index contributed by atoms with van der Waals surface area (Å²) in [6.45, 7) is 3.30. The second kappa shape index (κ2) is 13.3. The third kappa shape index (κ3) is 6.38. The number of unbranched alkanes of at least 4 members (excludes halogenated alkanes) is 3. The molecule has 236 valence electrons. The van der Waals surface area contributed by atoms with Crippen molar-refractivity contribution in [3.8, 4) is 11.8 Å². The molecule has 2 N–H and O–H groups in total. The SMILES string of the molecule is C[C@]12C[C@H](F)[C@@H]3c4ccc(O)cc4C[C@@H](CCCCCCN(Cc4ccccc4)C(=O)c4ccc(C#N)cc4)[C@H]3[C@@H]1CC[C@@H]2O. The van der Waals surface area contributed by atoms with Crippen LogP contribution in [0.1, 0.15) is 96.8 Å². The van der Waals surface area contributed by atoms with Gasteiger partial charge in [-0.2, -0.15) is 5.26 Å². The summed E-state index contributed by atoms with van der Waals surface area (Å²) in [7, 11) is 0. The van der Waals surface area contributed by atoms with E-state index in [-0.39, 0.29) is 28.9 Å². The molecule has 7 atom stereocenters. The van der Waals surface area contributed by atoms with Crippen LogP contribution in [0.2, 0.25) is 0 Å². The van der Waals surface area contributed by atoms with Crippen molar-refractivity contribution in [3.05, 3.63) is 101 Å². The average molecular weight is 609 g/mol. The maximum absolute atomic E-state index is 16.1.